The second kappa shape index (κ2) is 10.7. The molecule has 0 bridgehead atoms. The first-order valence-corrected chi connectivity index (χ1v) is 12.0. The van der Waals surface area contributed by atoms with Crippen LogP contribution >= 0.6 is 0 Å². The number of anilines is 1. The van der Waals surface area contributed by atoms with Crippen LogP contribution in [0.15, 0.2) is 66.5 Å². The van der Waals surface area contributed by atoms with E-state index < -0.39 is 17.8 Å². The summed E-state index contributed by atoms with van der Waals surface area (Å²) in [6, 6.07) is 15.1. The average Bonchev–Trinajstić information content (AvgIpc) is 3.21. The van der Waals surface area contributed by atoms with Crippen LogP contribution in [0.3, 0.4) is 0 Å². The van der Waals surface area contributed by atoms with Gasteiger partial charge in [-0.2, -0.15) is 10.4 Å². The van der Waals surface area contributed by atoms with Crippen LogP contribution in [-0.2, 0) is 11.3 Å². The molecule has 4 aromatic rings. The number of rotatable bonds is 7. The monoisotopic (exact) mass is 513 g/mol. The number of nitrogens with two attached hydrogens (primary N) is 1. The lowest BCUT2D eigenvalue weighted by Crippen LogP contribution is -2.37. The molecule has 0 fully saturated rings. The summed E-state index contributed by atoms with van der Waals surface area (Å²) in [4.78, 5) is 21.0. The fraction of sp³-hybridized carbons (Fsp3) is 0.250. The van der Waals surface area contributed by atoms with Crippen molar-refractivity contribution in [3.05, 3.63) is 72.3 Å². The molecule has 2 aromatic carbocycles. The summed E-state index contributed by atoms with van der Waals surface area (Å²) in [6.45, 7) is 7.69. The number of nitrogen functional groups attached to an aromatic ring is 1. The molecule has 3 N–H and O–H groups in total. The van der Waals surface area contributed by atoms with Gasteiger partial charge in [0.15, 0.2) is 5.65 Å². The number of para-hydroxylation sites is 1. The first-order valence-electron chi connectivity index (χ1n) is 12.0. The summed E-state index contributed by atoms with van der Waals surface area (Å²) in [5.41, 5.74) is 6.71. The Kier molecular flexibility index (Phi) is 7.39. The number of allylic oxidation sites excluding steroid dienone is 1. The fourth-order valence-electron chi connectivity index (χ4n) is 3.91. The van der Waals surface area contributed by atoms with Gasteiger partial charge in [0.25, 0.3) is 5.91 Å². The Balaban J connectivity index is 1.63. The number of carbonyl (C=O) groups excluding carboxylic acids is 1. The van der Waals surface area contributed by atoms with Crippen LogP contribution in [0, 0.1) is 22.6 Å². The van der Waals surface area contributed by atoms with E-state index in [0.29, 0.717) is 22.5 Å². The van der Waals surface area contributed by atoms with Gasteiger partial charge in [-0.3, -0.25) is 4.79 Å². The predicted molar refractivity (Wildman–Crippen MR) is 142 cm³/mol. The van der Waals surface area contributed by atoms with E-state index in [1.165, 1.54) is 12.4 Å². The maximum Gasteiger partial charge on any atom is 0.261 e. The van der Waals surface area contributed by atoms with E-state index >= 15 is 4.39 Å². The quantitative estimate of drug-likeness (QED) is 0.262. The van der Waals surface area contributed by atoms with Gasteiger partial charge in [0, 0.05) is 17.7 Å². The number of aromatic nitrogens is 4. The van der Waals surface area contributed by atoms with Crippen molar-refractivity contribution < 1.29 is 13.9 Å². The van der Waals surface area contributed by atoms with Crippen molar-refractivity contribution in [1.82, 2.24) is 25.1 Å². The molecule has 0 aliphatic rings. The normalized spacial score (nSPS) is 12.7. The number of halogens is 1. The van der Waals surface area contributed by atoms with Gasteiger partial charge in [-0.15, -0.1) is 0 Å². The van der Waals surface area contributed by atoms with Gasteiger partial charge in [0.1, 0.15) is 46.8 Å². The number of nitrogens with zero attached hydrogens (tertiary/aromatic N) is 5. The topological polar surface area (TPSA) is 132 Å². The zero-order valence-corrected chi connectivity index (χ0v) is 21.6. The first kappa shape index (κ1) is 26.3. The van der Waals surface area contributed by atoms with Crippen molar-refractivity contribution in [1.29, 1.82) is 5.26 Å². The molecular formula is C28H28FN7O2. The molecule has 0 saturated carbocycles. The minimum absolute atomic E-state index is 0.0295. The zero-order valence-electron chi connectivity index (χ0n) is 21.6. The minimum Gasteiger partial charge on any atom is -0.457 e. The van der Waals surface area contributed by atoms with E-state index in [4.69, 9.17) is 10.5 Å². The molecule has 0 saturated heterocycles. The summed E-state index contributed by atoms with van der Waals surface area (Å²) >= 11 is 0. The molecule has 194 valence electrons. The zero-order chi connectivity index (χ0) is 27.4. The van der Waals surface area contributed by atoms with Crippen molar-refractivity contribution in [3.63, 3.8) is 0 Å². The summed E-state index contributed by atoms with van der Waals surface area (Å²) in [6.07, 6.45) is 2.92. The lowest BCUT2D eigenvalue weighted by atomic mass is 9.93. The Bertz CT molecular complexity index is 1550. The molecule has 38 heavy (non-hydrogen) atoms. The fourth-order valence-corrected chi connectivity index (χ4v) is 3.91. The Hall–Kier alpha value is -4.78. The van der Waals surface area contributed by atoms with Crippen LogP contribution in [-0.4, -0.2) is 31.7 Å². The smallest absolute Gasteiger partial charge is 0.261 e. The molecule has 2 heterocycles. The average molecular weight is 514 g/mol. The SMILES string of the molecule is C[C@@H](Cn1nc(-c2ccc(Oc3ccccc3)cc2F)c2c(N)ncnc21)NC(=O)/C(C#N)=C/C(C)(C)C. The largest absolute Gasteiger partial charge is 0.457 e. The van der Waals surface area contributed by atoms with Gasteiger partial charge in [-0.25, -0.2) is 19.0 Å². The Morgan fingerprint density at radius 2 is 1.95 bits per heavy atom. The molecule has 4 rings (SSSR count). The number of ether oxygens (including phenoxy) is 1. The molecule has 0 aliphatic carbocycles. The maximum atomic E-state index is 15.3. The second-order valence-electron chi connectivity index (χ2n) is 9.96. The van der Waals surface area contributed by atoms with Gasteiger partial charge in [0.05, 0.1) is 11.9 Å². The highest BCUT2D eigenvalue weighted by atomic mass is 19.1. The van der Waals surface area contributed by atoms with Gasteiger partial charge < -0.3 is 15.8 Å². The molecule has 0 aliphatic heterocycles. The third kappa shape index (κ3) is 5.95. The summed E-state index contributed by atoms with van der Waals surface area (Å²) in [5, 5.41) is 17.2. The van der Waals surface area contributed by atoms with Gasteiger partial charge in [-0.1, -0.05) is 45.0 Å². The minimum atomic E-state index is -0.555. The predicted octanol–water partition coefficient (Wildman–Crippen LogP) is 5.01. The van der Waals surface area contributed by atoms with Crippen LogP contribution < -0.4 is 15.8 Å². The van der Waals surface area contributed by atoms with Gasteiger partial charge in [-0.05, 0) is 36.6 Å². The number of nitriles is 1. The standard InChI is InChI=1S/C28H28FN7O2/c1-17(34-27(37)18(14-30)13-28(2,3)4)15-36-26-23(25(31)32-16-33-26)24(35-36)21-11-10-20(12-22(21)29)38-19-8-6-5-7-9-19/h5-13,16-17H,15H2,1-4H3,(H,34,37)(H2,31,32,33)/b18-13+/t17-/m0/s1. The first-order chi connectivity index (χ1) is 18.1. The van der Waals surface area contributed by atoms with E-state index in [0.717, 1.165) is 0 Å². The van der Waals surface area contributed by atoms with Crippen molar-refractivity contribution in [3.8, 4) is 28.8 Å². The van der Waals surface area contributed by atoms with E-state index in [2.05, 4.69) is 20.4 Å². The highest BCUT2D eigenvalue weighted by Crippen LogP contribution is 2.34. The molecule has 1 atom stereocenters. The summed E-state index contributed by atoms with van der Waals surface area (Å²) < 4.78 is 22.6. The van der Waals surface area contributed by atoms with Gasteiger partial charge in [0.2, 0.25) is 0 Å². The van der Waals surface area contributed by atoms with E-state index in [-0.39, 0.29) is 34.6 Å². The van der Waals surface area contributed by atoms with E-state index in [1.807, 2.05) is 45.0 Å². The Morgan fingerprint density at radius 3 is 2.61 bits per heavy atom. The number of fused-ring (bicyclic) bond motifs is 1. The Morgan fingerprint density at radius 1 is 1.21 bits per heavy atom. The van der Waals surface area contributed by atoms with Crippen molar-refractivity contribution in [2.24, 2.45) is 5.41 Å². The molecule has 0 radical (unpaired) electrons. The lowest BCUT2D eigenvalue weighted by Gasteiger charge is -2.16. The second-order valence-corrected chi connectivity index (χ2v) is 9.96. The highest BCUT2D eigenvalue weighted by molar-refractivity contribution is 5.99. The van der Waals surface area contributed by atoms with Crippen molar-refractivity contribution in [2.45, 2.75) is 40.3 Å². The molecule has 10 heteroatoms. The number of carbonyl (C=O) groups is 1. The lowest BCUT2D eigenvalue weighted by molar-refractivity contribution is -0.117. The number of hydrogen-bond acceptors (Lipinski definition) is 7. The molecule has 1 amide bonds. The number of amides is 1. The highest BCUT2D eigenvalue weighted by Gasteiger charge is 2.22. The van der Waals surface area contributed by atoms with Gasteiger partial charge >= 0.3 is 0 Å². The summed E-state index contributed by atoms with van der Waals surface area (Å²) in [7, 11) is 0. The third-order valence-corrected chi connectivity index (χ3v) is 5.50. The van der Waals surface area contributed by atoms with Crippen molar-refractivity contribution >= 4 is 22.8 Å². The van der Waals surface area contributed by atoms with Crippen LogP contribution in [0.25, 0.3) is 22.3 Å². The van der Waals surface area contributed by atoms with Crippen molar-refractivity contribution in [2.75, 3.05) is 5.73 Å². The van der Waals surface area contributed by atoms with Crippen LogP contribution in [0.4, 0.5) is 10.2 Å². The molecule has 9 nitrogen and oxygen atoms in total. The third-order valence-electron chi connectivity index (χ3n) is 5.50. The molecule has 0 unspecified atom stereocenters. The maximum absolute atomic E-state index is 15.3. The number of hydrogen-bond donors (Lipinski definition) is 2. The number of benzene rings is 2. The van der Waals surface area contributed by atoms with E-state index in [9.17, 15) is 10.1 Å². The summed E-state index contributed by atoms with van der Waals surface area (Å²) in [5.74, 6) is 0.0245. The van der Waals surface area contributed by atoms with Crippen LogP contribution in [0.5, 0.6) is 11.5 Å². The Labute approximate surface area is 219 Å². The van der Waals surface area contributed by atoms with Crippen LogP contribution in [0.1, 0.15) is 27.7 Å². The van der Waals surface area contributed by atoms with E-state index in [1.54, 1.807) is 41.9 Å². The molecule has 2 aromatic heterocycles. The van der Waals surface area contributed by atoms with Crippen LogP contribution in [0.2, 0.25) is 0 Å². The number of nitrogens with one attached hydrogen (secondary N) is 1. The molecular weight excluding hydrogens is 485 g/mol. The molecule has 0 spiro atoms.